The molecule has 0 radical (unpaired) electrons. The number of likely N-dealkylation sites (tertiary alicyclic amines) is 1. The molecule has 1 aromatic carbocycles. The highest BCUT2D eigenvalue weighted by Gasteiger charge is 2.31. The van der Waals surface area contributed by atoms with Crippen molar-refractivity contribution in [2.45, 2.75) is 46.1 Å². The highest BCUT2D eigenvalue weighted by Crippen LogP contribution is 2.37. The third-order valence-corrected chi connectivity index (χ3v) is 5.41. The fourth-order valence-corrected chi connectivity index (χ4v) is 4.15. The van der Waals surface area contributed by atoms with Gasteiger partial charge in [-0.25, -0.2) is 9.97 Å². The lowest BCUT2D eigenvalue weighted by Crippen LogP contribution is -2.42. The second kappa shape index (κ2) is 7.23. The van der Waals surface area contributed by atoms with Gasteiger partial charge in [-0.3, -0.25) is 4.90 Å². The summed E-state index contributed by atoms with van der Waals surface area (Å²) in [5.41, 5.74) is 2.81. The van der Waals surface area contributed by atoms with E-state index in [9.17, 15) is 0 Å². The van der Waals surface area contributed by atoms with Crippen LogP contribution >= 0.6 is 0 Å². The maximum Gasteiger partial charge on any atom is 0.231 e. The van der Waals surface area contributed by atoms with E-state index in [1.54, 1.807) is 0 Å². The molecule has 138 valence electrons. The Morgan fingerprint density at radius 1 is 1.12 bits per heavy atom. The van der Waals surface area contributed by atoms with E-state index < -0.39 is 0 Å². The van der Waals surface area contributed by atoms with Gasteiger partial charge >= 0.3 is 0 Å². The quantitative estimate of drug-likeness (QED) is 0.822. The van der Waals surface area contributed by atoms with Crippen molar-refractivity contribution in [3.63, 3.8) is 0 Å². The van der Waals surface area contributed by atoms with Crippen LogP contribution in [0.15, 0.2) is 30.6 Å². The van der Waals surface area contributed by atoms with E-state index in [0.717, 1.165) is 49.8 Å². The third kappa shape index (κ3) is 3.83. The fraction of sp³-hybridized carbons (Fsp3) is 0.524. The van der Waals surface area contributed by atoms with E-state index in [2.05, 4.69) is 40.8 Å². The van der Waals surface area contributed by atoms with Gasteiger partial charge in [0.2, 0.25) is 6.79 Å². The van der Waals surface area contributed by atoms with Gasteiger partial charge in [-0.2, -0.15) is 0 Å². The zero-order chi connectivity index (χ0) is 18.0. The summed E-state index contributed by atoms with van der Waals surface area (Å²) in [6.45, 7) is 7.99. The van der Waals surface area contributed by atoms with Crippen LogP contribution in [0.5, 0.6) is 11.5 Å². The number of hydrogen-bond donors (Lipinski definition) is 0. The Hall–Kier alpha value is -2.14. The Labute approximate surface area is 155 Å². The standard InChI is InChI=1S/C21H27N3O2/c1-3-20-22-11-17(12-23-20)13-24-8-4-7-21(2,14-24)10-16-5-6-18-19(9-16)26-15-25-18/h5-6,9,11-12H,3-4,7-8,10,13-15H2,1-2H3/t21-/m0/s1. The summed E-state index contributed by atoms with van der Waals surface area (Å²) in [4.78, 5) is 11.4. The molecule has 0 bridgehead atoms. The molecule has 3 heterocycles. The zero-order valence-electron chi connectivity index (χ0n) is 15.7. The highest BCUT2D eigenvalue weighted by molar-refractivity contribution is 5.44. The van der Waals surface area contributed by atoms with Crippen LogP contribution in [-0.2, 0) is 19.4 Å². The topological polar surface area (TPSA) is 47.5 Å². The highest BCUT2D eigenvalue weighted by atomic mass is 16.7. The molecule has 1 aromatic heterocycles. The van der Waals surface area contributed by atoms with Gasteiger partial charge in [0, 0.05) is 37.5 Å². The van der Waals surface area contributed by atoms with Crippen molar-refractivity contribution < 1.29 is 9.47 Å². The molecule has 0 saturated carbocycles. The lowest BCUT2D eigenvalue weighted by atomic mass is 9.77. The van der Waals surface area contributed by atoms with Crippen molar-refractivity contribution in [1.82, 2.24) is 14.9 Å². The molecule has 0 N–H and O–H groups in total. The summed E-state index contributed by atoms with van der Waals surface area (Å²) in [5, 5.41) is 0. The fourth-order valence-electron chi connectivity index (χ4n) is 4.15. The number of aromatic nitrogens is 2. The number of benzene rings is 1. The lowest BCUT2D eigenvalue weighted by molar-refractivity contribution is 0.0968. The summed E-state index contributed by atoms with van der Waals surface area (Å²) in [7, 11) is 0. The molecular formula is C21H27N3O2. The number of piperidine rings is 1. The Morgan fingerprint density at radius 3 is 2.73 bits per heavy atom. The van der Waals surface area contributed by atoms with Gasteiger partial charge in [0.1, 0.15) is 5.82 Å². The average Bonchev–Trinajstić information content (AvgIpc) is 3.10. The molecule has 0 amide bonds. The van der Waals surface area contributed by atoms with E-state index in [1.807, 2.05) is 18.5 Å². The predicted molar refractivity (Wildman–Crippen MR) is 100 cm³/mol. The molecule has 0 aliphatic carbocycles. The van der Waals surface area contributed by atoms with Crippen molar-refractivity contribution in [2.24, 2.45) is 5.41 Å². The van der Waals surface area contributed by atoms with E-state index in [0.29, 0.717) is 6.79 Å². The first-order chi connectivity index (χ1) is 12.6. The number of rotatable bonds is 5. The summed E-state index contributed by atoms with van der Waals surface area (Å²) < 4.78 is 11.0. The largest absolute Gasteiger partial charge is 0.454 e. The van der Waals surface area contributed by atoms with E-state index in [4.69, 9.17) is 9.47 Å². The summed E-state index contributed by atoms with van der Waals surface area (Å²) >= 11 is 0. The van der Waals surface area contributed by atoms with Crippen LogP contribution < -0.4 is 9.47 Å². The second-order valence-corrected chi connectivity index (χ2v) is 7.85. The van der Waals surface area contributed by atoms with Crippen LogP contribution in [0.3, 0.4) is 0 Å². The van der Waals surface area contributed by atoms with Gasteiger partial charge in [0.05, 0.1) is 0 Å². The van der Waals surface area contributed by atoms with Gasteiger partial charge in [-0.15, -0.1) is 0 Å². The smallest absolute Gasteiger partial charge is 0.231 e. The first kappa shape index (κ1) is 17.3. The number of fused-ring (bicyclic) bond motifs is 1. The van der Waals surface area contributed by atoms with Crippen LogP contribution in [0.4, 0.5) is 0 Å². The van der Waals surface area contributed by atoms with Crippen LogP contribution in [0, 0.1) is 5.41 Å². The van der Waals surface area contributed by atoms with Crippen LogP contribution in [0.2, 0.25) is 0 Å². The van der Waals surface area contributed by atoms with Crippen molar-refractivity contribution in [3.8, 4) is 11.5 Å². The van der Waals surface area contributed by atoms with Gasteiger partial charge in [-0.1, -0.05) is 19.9 Å². The van der Waals surface area contributed by atoms with E-state index in [1.165, 1.54) is 24.0 Å². The monoisotopic (exact) mass is 353 g/mol. The second-order valence-electron chi connectivity index (χ2n) is 7.85. The molecule has 26 heavy (non-hydrogen) atoms. The Kier molecular flexibility index (Phi) is 4.81. The molecule has 1 fully saturated rings. The van der Waals surface area contributed by atoms with Crippen molar-refractivity contribution in [1.29, 1.82) is 0 Å². The van der Waals surface area contributed by atoms with Crippen LogP contribution in [0.1, 0.15) is 43.6 Å². The first-order valence-electron chi connectivity index (χ1n) is 9.54. The molecule has 2 aliphatic rings. The van der Waals surface area contributed by atoms with Crippen molar-refractivity contribution in [2.75, 3.05) is 19.9 Å². The normalized spacial score (nSPS) is 22.5. The predicted octanol–water partition coefficient (Wildman–Crippen LogP) is 3.61. The lowest BCUT2D eigenvalue weighted by Gasteiger charge is -2.40. The summed E-state index contributed by atoms with van der Waals surface area (Å²) in [6.07, 6.45) is 8.40. The number of nitrogens with zero attached hydrogens (tertiary/aromatic N) is 3. The Morgan fingerprint density at radius 2 is 1.92 bits per heavy atom. The number of aryl methyl sites for hydroxylation is 1. The summed E-state index contributed by atoms with van der Waals surface area (Å²) in [5.74, 6) is 2.66. The third-order valence-electron chi connectivity index (χ3n) is 5.41. The molecule has 1 saturated heterocycles. The van der Waals surface area contributed by atoms with Gasteiger partial charge in [0.15, 0.2) is 11.5 Å². The van der Waals surface area contributed by atoms with Gasteiger partial charge < -0.3 is 9.47 Å². The molecular weight excluding hydrogens is 326 g/mol. The number of hydrogen-bond acceptors (Lipinski definition) is 5. The van der Waals surface area contributed by atoms with Gasteiger partial charge in [0.25, 0.3) is 0 Å². The van der Waals surface area contributed by atoms with Crippen LogP contribution in [0.25, 0.3) is 0 Å². The van der Waals surface area contributed by atoms with E-state index >= 15 is 0 Å². The molecule has 0 unspecified atom stereocenters. The Bertz CT molecular complexity index is 762. The molecule has 5 heteroatoms. The molecule has 4 rings (SSSR count). The minimum atomic E-state index is 0.274. The maximum atomic E-state index is 5.53. The molecule has 0 spiro atoms. The van der Waals surface area contributed by atoms with Gasteiger partial charge in [-0.05, 0) is 48.9 Å². The Balaban J connectivity index is 1.41. The van der Waals surface area contributed by atoms with Crippen LogP contribution in [-0.4, -0.2) is 34.8 Å². The number of ether oxygens (including phenoxy) is 2. The first-order valence-corrected chi connectivity index (χ1v) is 9.54. The minimum Gasteiger partial charge on any atom is -0.454 e. The summed E-state index contributed by atoms with van der Waals surface area (Å²) in [6, 6.07) is 6.35. The van der Waals surface area contributed by atoms with Crippen molar-refractivity contribution in [3.05, 3.63) is 47.5 Å². The molecule has 2 aliphatic heterocycles. The zero-order valence-corrected chi connectivity index (χ0v) is 15.7. The SMILES string of the molecule is CCc1ncc(CN2CCC[C@@](C)(Cc3ccc4c(c3)OCO4)C2)cn1. The molecule has 1 atom stereocenters. The average molecular weight is 353 g/mol. The van der Waals surface area contributed by atoms with E-state index in [-0.39, 0.29) is 5.41 Å². The molecule has 5 nitrogen and oxygen atoms in total. The molecule has 2 aromatic rings. The maximum absolute atomic E-state index is 5.53. The van der Waals surface area contributed by atoms with Crippen molar-refractivity contribution >= 4 is 0 Å². The minimum absolute atomic E-state index is 0.274.